The summed E-state index contributed by atoms with van der Waals surface area (Å²) in [6.45, 7) is 3.65. The molecule has 0 saturated carbocycles. The molecule has 1 aromatic heterocycles. The zero-order valence-electron chi connectivity index (χ0n) is 13.7. The van der Waals surface area contributed by atoms with Crippen molar-refractivity contribution in [2.45, 2.75) is 13.8 Å². The molecule has 0 bridgehead atoms. The maximum Gasteiger partial charge on any atom is 0.259 e. The van der Waals surface area contributed by atoms with Gasteiger partial charge < -0.3 is 14.6 Å². The van der Waals surface area contributed by atoms with E-state index in [2.05, 4.69) is 15.5 Å². The Morgan fingerprint density at radius 2 is 1.96 bits per heavy atom. The molecule has 0 aliphatic heterocycles. The molecule has 0 radical (unpaired) electrons. The van der Waals surface area contributed by atoms with Crippen molar-refractivity contribution < 1.29 is 14.1 Å². The lowest BCUT2D eigenvalue weighted by atomic mass is 10.1. The summed E-state index contributed by atoms with van der Waals surface area (Å²) in [6, 6.07) is 12.7. The fourth-order valence-corrected chi connectivity index (χ4v) is 2.38. The minimum absolute atomic E-state index is 0.223. The molecule has 0 unspecified atom stereocenters. The van der Waals surface area contributed by atoms with E-state index in [0.717, 1.165) is 16.8 Å². The van der Waals surface area contributed by atoms with Crippen LogP contribution in [0, 0.1) is 13.8 Å². The molecule has 3 rings (SSSR count). The molecule has 0 aliphatic rings. The van der Waals surface area contributed by atoms with Gasteiger partial charge >= 0.3 is 0 Å². The van der Waals surface area contributed by atoms with Crippen LogP contribution in [0.5, 0.6) is 5.75 Å². The van der Waals surface area contributed by atoms with Gasteiger partial charge in [0.15, 0.2) is 0 Å². The number of nitrogens with zero attached hydrogens (tertiary/aromatic N) is 2. The van der Waals surface area contributed by atoms with Gasteiger partial charge in [0.1, 0.15) is 5.75 Å². The highest BCUT2D eigenvalue weighted by molar-refractivity contribution is 6.06. The SMILES string of the molecule is COc1ccccc1C(=O)Nc1ccc(-c2noc(C)n2)cc1C. The molecule has 0 spiro atoms. The largest absolute Gasteiger partial charge is 0.496 e. The Kier molecular flexibility index (Phi) is 4.29. The summed E-state index contributed by atoms with van der Waals surface area (Å²) in [4.78, 5) is 16.7. The average molecular weight is 323 g/mol. The smallest absolute Gasteiger partial charge is 0.259 e. The van der Waals surface area contributed by atoms with Crippen LogP contribution in [0.25, 0.3) is 11.4 Å². The first-order valence-corrected chi connectivity index (χ1v) is 7.44. The Morgan fingerprint density at radius 1 is 1.17 bits per heavy atom. The number of hydrogen-bond donors (Lipinski definition) is 1. The Balaban J connectivity index is 1.84. The Hall–Kier alpha value is -3.15. The topological polar surface area (TPSA) is 77.2 Å². The second kappa shape index (κ2) is 6.54. The van der Waals surface area contributed by atoms with Crippen molar-refractivity contribution in [3.05, 3.63) is 59.5 Å². The Labute approximate surface area is 139 Å². The molecule has 0 fully saturated rings. The fraction of sp³-hybridized carbons (Fsp3) is 0.167. The third kappa shape index (κ3) is 3.12. The van der Waals surface area contributed by atoms with Crippen LogP contribution in [0.3, 0.4) is 0 Å². The second-order valence-corrected chi connectivity index (χ2v) is 5.32. The molecule has 6 heteroatoms. The number of nitrogens with one attached hydrogen (secondary N) is 1. The number of para-hydroxylation sites is 1. The van der Waals surface area contributed by atoms with Crippen LogP contribution in [-0.2, 0) is 0 Å². The summed E-state index contributed by atoms with van der Waals surface area (Å²) in [5, 5.41) is 6.80. The van der Waals surface area contributed by atoms with E-state index < -0.39 is 0 Å². The Morgan fingerprint density at radius 3 is 2.62 bits per heavy atom. The lowest BCUT2D eigenvalue weighted by Crippen LogP contribution is -2.13. The minimum Gasteiger partial charge on any atom is -0.496 e. The summed E-state index contributed by atoms with van der Waals surface area (Å²) in [5.74, 6) is 1.35. The molecule has 122 valence electrons. The van der Waals surface area contributed by atoms with E-state index in [4.69, 9.17) is 9.26 Å². The highest BCUT2D eigenvalue weighted by Crippen LogP contribution is 2.24. The monoisotopic (exact) mass is 323 g/mol. The number of aromatic nitrogens is 2. The number of hydrogen-bond acceptors (Lipinski definition) is 5. The number of ether oxygens (including phenoxy) is 1. The molecule has 1 N–H and O–H groups in total. The second-order valence-electron chi connectivity index (χ2n) is 5.32. The van der Waals surface area contributed by atoms with Gasteiger partial charge in [-0.05, 0) is 42.8 Å². The number of carbonyl (C=O) groups excluding carboxylic acids is 1. The number of aryl methyl sites for hydroxylation is 2. The first-order chi connectivity index (χ1) is 11.6. The van der Waals surface area contributed by atoms with Crippen molar-refractivity contribution in [3.8, 4) is 17.1 Å². The zero-order valence-corrected chi connectivity index (χ0v) is 13.7. The molecule has 0 atom stereocenters. The third-order valence-electron chi connectivity index (χ3n) is 3.61. The molecule has 1 amide bonds. The van der Waals surface area contributed by atoms with E-state index in [9.17, 15) is 4.79 Å². The van der Waals surface area contributed by atoms with Crippen molar-refractivity contribution in [3.63, 3.8) is 0 Å². The van der Waals surface area contributed by atoms with Gasteiger partial charge in [0.05, 0.1) is 12.7 Å². The highest BCUT2D eigenvalue weighted by atomic mass is 16.5. The van der Waals surface area contributed by atoms with Crippen molar-refractivity contribution in [2.24, 2.45) is 0 Å². The molecule has 6 nitrogen and oxygen atoms in total. The minimum atomic E-state index is -0.223. The molecule has 3 aromatic rings. The van der Waals surface area contributed by atoms with Gasteiger partial charge in [0.2, 0.25) is 11.7 Å². The quantitative estimate of drug-likeness (QED) is 0.793. The lowest BCUT2D eigenvalue weighted by Gasteiger charge is -2.11. The van der Waals surface area contributed by atoms with E-state index in [0.29, 0.717) is 23.0 Å². The predicted molar refractivity (Wildman–Crippen MR) is 90.2 cm³/mol. The highest BCUT2D eigenvalue weighted by Gasteiger charge is 2.14. The van der Waals surface area contributed by atoms with Crippen LogP contribution < -0.4 is 10.1 Å². The maximum absolute atomic E-state index is 12.5. The van der Waals surface area contributed by atoms with Crippen molar-refractivity contribution >= 4 is 11.6 Å². The van der Waals surface area contributed by atoms with Crippen LogP contribution in [-0.4, -0.2) is 23.2 Å². The molecule has 0 aliphatic carbocycles. The zero-order chi connectivity index (χ0) is 17.1. The van der Waals surface area contributed by atoms with Gasteiger partial charge in [-0.2, -0.15) is 4.98 Å². The summed E-state index contributed by atoms with van der Waals surface area (Å²) in [7, 11) is 1.54. The molecule has 24 heavy (non-hydrogen) atoms. The van der Waals surface area contributed by atoms with Gasteiger partial charge in [0.25, 0.3) is 5.91 Å². The fourth-order valence-electron chi connectivity index (χ4n) is 2.38. The van der Waals surface area contributed by atoms with Gasteiger partial charge in [-0.15, -0.1) is 0 Å². The molecular weight excluding hydrogens is 306 g/mol. The Bertz CT molecular complexity index is 887. The van der Waals surface area contributed by atoms with Crippen LogP contribution in [0.1, 0.15) is 21.8 Å². The van der Waals surface area contributed by atoms with E-state index in [1.807, 2.05) is 31.2 Å². The standard InChI is InChI=1S/C18H17N3O3/c1-11-10-13(17-19-12(2)24-21-17)8-9-15(11)20-18(22)14-6-4-5-7-16(14)23-3/h4-10H,1-3H3,(H,20,22). The van der Waals surface area contributed by atoms with Crippen molar-refractivity contribution in [1.82, 2.24) is 10.1 Å². The number of benzene rings is 2. The molecule has 1 heterocycles. The first-order valence-electron chi connectivity index (χ1n) is 7.44. The van der Waals surface area contributed by atoms with Crippen LogP contribution in [0.15, 0.2) is 47.0 Å². The van der Waals surface area contributed by atoms with Crippen molar-refractivity contribution in [2.75, 3.05) is 12.4 Å². The number of methoxy groups -OCH3 is 1. The van der Waals surface area contributed by atoms with Gasteiger partial charge in [-0.3, -0.25) is 4.79 Å². The van der Waals surface area contributed by atoms with E-state index in [-0.39, 0.29) is 5.91 Å². The van der Waals surface area contributed by atoms with Crippen LogP contribution in [0.4, 0.5) is 5.69 Å². The normalized spacial score (nSPS) is 10.5. The molecule has 0 saturated heterocycles. The van der Waals surface area contributed by atoms with Crippen LogP contribution in [0.2, 0.25) is 0 Å². The van der Waals surface area contributed by atoms with Crippen LogP contribution >= 0.6 is 0 Å². The lowest BCUT2D eigenvalue weighted by molar-refractivity contribution is 0.102. The van der Waals surface area contributed by atoms with E-state index in [1.165, 1.54) is 0 Å². The van der Waals surface area contributed by atoms with Crippen molar-refractivity contribution in [1.29, 1.82) is 0 Å². The summed E-state index contributed by atoms with van der Waals surface area (Å²) >= 11 is 0. The number of rotatable bonds is 4. The summed E-state index contributed by atoms with van der Waals surface area (Å²) in [6.07, 6.45) is 0. The maximum atomic E-state index is 12.5. The molecular formula is C18H17N3O3. The van der Waals surface area contributed by atoms with E-state index >= 15 is 0 Å². The average Bonchev–Trinajstić information content (AvgIpc) is 3.03. The predicted octanol–water partition coefficient (Wildman–Crippen LogP) is 3.61. The van der Waals surface area contributed by atoms with Gasteiger partial charge in [-0.25, -0.2) is 0 Å². The summed E-state index contributed by atoms with van der Waals surface area (Å²) < 4.78 is 10.2. The number of carbonyl (C=O) groups is 1. The first kappa shape index (κ1) is 15.7. The third-order valence-corrected chi connectivity index (χ3v) is 3.61. The van der Waals surface area contributed by atoms with Gasteiger partial charge in [0, 0.05) is 18.2 Å². The number of amides is 1. The molecule has 2 aromatic carbocycles. The van der Waals surface area contributed by atoms with Gasteiger partial charge in [-0.1, -0.05) is 17.3 Å². The number of anilines is 1. The van der Waals surface area contributed by atoms with E-state index in [1.54, 1.807) is 32.2 Å². The summed E-state index contributed by atoms with van der Waals surface area (Å²) in [5.41, 5.74) is 2.94.